The van der Waals surface area contributed by atoms with Crippen LogP contribution in [0.1, 0.15) is 90.9 Å². The molecule has 2 fully saturated rings. The number of rotatable bonds is 18. The summed E-state index contributed by atoms with van der Waals surface area (Å²) >= 11 is 0. The summed E-state index contributed by atoms with van der Waals surface area (Å²) in [5, 5.41) is 62.2. The quantitative estimate of drug-likeness (QED) is 0.0943. The highest BCUT2D eigenvalue weighted by molar-refractivity contribution is 5.69. The van der Waals surface area contributed by atoms with Gasteiger partial charge < -0.3 is 54.3 Å². The Morgan fingerprint density at radius 2 is 1.39 bits per heavy atom. The van der Waals surface area contributed by atoms with Gasteiger partial charge in [-0.3, -0.25) is 9.59 Å². The fraction of sp³-hybridized carbons (Fsp3) is 0.929. The van der Waals surface area contributed by atoms with Crippen LogP contribution in [0.4, 0.5) is 0 Å². The molecule has 13 nitrogen and oxygen atoms in total. The smallest absolute Gasteiger partial charge is 0.306 e. The van der Waals surface area contributed by atoms with Gasteiger partial charge in [0.2, 0.25) is 12.1 Å². The van der Waals surface area contributed by atoms with Crippen molar-refractivity contribution >= 4 is 11.9 Å². The Morgan fingerprint density at radius 3 is 1.98 bits per heavy atom. The fourth-order valence-electron chi connectivity index (χ4n) is 4.83. The van der Waals surface area contributed by atoms with Gasteiger partial charge in [-0.25, -0.2) is 0 Å². The molecule has 0 unspecified atom stereocenters. The maximum Gasteiger partial charge on any atom is 0.306 e. The molecule has 2 aliphatic heterocycles. The molecule has 0 bridgehead atoms. The molecule has 240 valence electrons. The van der Waals surface area contributed by atoms with Crippen molar-refractivity contribution < 1.29 is 63.9 Å². The molecule has 0 saturated carbocycles. The van der Waals surface area contributed by atoms with Crippen LogP contribution >= 0.6 is 0 Å². The van der Waals surface area contributed by atoms with Gasteiger partial charge >= 0.3 is 11.9 Å². The summed E-state index contributed by atoms with van der Waals surface area (Å²) < 4.78 is 27.8. The highest BCUT2D eigenvalue weighted by atomic mass is 16.8. The molecule has 6 N–H and O–H groups in total. The van der Waals surface area contributed by atoms with Crippen LogP contribution in [0.25, 0.3) is 0 Å². The van der Waals surface area contributed by atoms with E-state index in [1.165, 1.54) is 0 Å². The van der Waals surface area contributed by atoms with Crippen LogP contribution < -0.4 is 0 Å². The van der Waals surface area contributed by atoms with E-state index in [1.54, 1.807) is 0 Å². The van der Waals surface area contributed by atoms with Crippen LogP contribution in [0.5, 0.6) is 0 Å². The lowest BCUT2D eigenvalue weighted by Gasteiger charge is -2.48. The number of carbonyl (C=O) groups is 2. The van der Waals surface area contributed by atoms with Crippen LogP contribution in [-0.4, -0.2) is 117 Å². The zero-order valence-electron chi connectivity index (χ0n) is 24.3. The van der Waals surface area contributed by atoms with Crippen molar-refractivity contribution in [3.8, 4) is 0 Å². The molecule has 0 aromatic carbocycles. The SMILES string of the molecule is CCCCCCCC(=O)OC[C@@]1(O[C@H]2O[C@H](CO)[C@@H](O)[C@H](O)[C@H]2OC(=O)CCCCCCC)OC[C@@H](O)[C@@H](O)[C@@H]1O. The van der Waals surface area contributed by atoms with Crippen LogP contribution in [0, 0.1) is 0 Å². The highest BCUT2D eigenvalue weighted by Gasteiger charge is 2.57. The average molecular weight is 595 g/mol. The van der Waals surface area contributed by atoms with Crippen molar-refractivity contribution in [3.63, 3.8) is 0 Å². The zero-order chi connectivity index (χ0) is 30.4. The third-order valence-corrected chi connectivity index (χ3v) is 7.48. The van der Waals surface area contributed by atoms with Gasteiger partial charge in [0.15, 0.2) is 6.10 Å². The Morgan fingerprint density at radius 1 is 0.805 bits per heavy atom. The molecular formula is C28H50O13. The molecule has 13 heteroatoms. The number of esters is 2. The molecule has 2 rings (SSSR count). The van der Waals surface area contributed by atoms with E-state index in [4.69, 9.17) is 23.7 Å². The molecule has 0 aromatic rings. The van der Waals surface area contributed by atoms with Crippen molar-refractivity contribution in [3.05, 3.63) is 0 Å². The number of aliphatic hydroxyl groups is 6. The molecule has 2 saturated heterocycles. The number of hydrogen-bond acceptors (Lipinski definition) is 13. The fourth-order valence-corrected chi connectivity index (χ4v) is 4.83. The Balaban J connectivity index is 2.18. The van der Waals surface area contributed by atoms with Gasteiger partial charge in [0.25, 0.3) is 0 Å². The summed E-state index contributed by atoms with van der Waals surface area (Å²) in [6, 6.07) is 0. The maximum atomic E-state index is 12.6. The lowest BCUT2D eigenvalue weighted by atomic mass is 9.95. The van der Waals surface area contributed by atoms with Crippen LogP contribution in [-0.2, 0) is 33.3 Å². The Hall–Kier alpha value is -1.42. The minimum Gasteiger partial charge on any atom is -0.460 e. The van der Waals surface area contributed by atoms with E-state index in [0.29, 0.717) is 12.8 Å². The summed E-state index contributed by atoms with van der Waals surface area (Å²) in [7, 11) is 0. The van der Waals surface area contributed by atoms with Gasteiger partial charge in [-0.1, -0.05) is 65.2 Å². The third-order valence-electron chi connectivity index (χ3n) is 7.48. The van der Waals surface area contributed by atoms with E-state index >= 15 is 0 Å². The van der Waals surface area contributed by atoms with Gasteiger partial charge in [-0.05, 0) is 12.8 Å². The summed E-state index contributed by atoms with van der Waals surface area (Å²) in [5.74, 6) is -3.60. The second kappa shape index (κ2) is 18.3. The summed E-state index contributed by atoms with van der Waals surface area (Å²) in [6.45, 7) is 2.16. The van der Waals surface area contributed by atoms with Gasteiger partial charge in [0.05, 0.1) is 13.2 Å². The Bertz CT molecular complexity index is 767. The molecule has 9 atom stereocenters. The molecule has 0 radical (unpaired) electrons. The van der Waals surface area contributed by atoms with Crippen molar-refractivity contribution in [1.82, 2.24) is 0 Å². The topological polar surface area (TPSA) is 202 Å². The number of aliphatic hydroxyl groups excluding tert-OH is 6. The lowest BCUT2D eigenvalue weighted by molar-refractivity contribution is -0.415. The molecule has 0 amide bonds. The van der Waals surface area contributed by atoms with E-state index in [1.807, 2.05) is 0 Å². The predicted molar refractivity (Wildman–Crippen MR) is 143 cm³/mol. The first-order chi connectivity index (χ1) is 19.6. The molecule has 2 aliphatic rings. The van der Waals surface area contributed by atoms with Crippen LogP contribution in [0.2, 0.25) is 0 Å². The first kappa shape index (κ1) is 35.8. The number of carbonyl (C=O) groups excluding carboxylic acids is 2. The van der Waals surface area contributed by atoms with E-state index in [0.717, 1.165) is 51.4 Å². The highest BCUT2D eigenvalue weighted by Crippen LogP contribution is 2.34. The minimum absolute atomic E-state index is 0.0320. The van der Waals surface area contributed by atoms with Crippen molar-refractivity contribution in [1.29, 1.82) is 0 Å². The van der Waals surface area contributed by atoms with E-state index in [2.05, 4.69) is 13.8 Å². The largest absolute Gasteiger partial charge is 0.460 e. The number of hydrogen-bond donors (Lipinski definition) is 6. The van der Waals surface area contributed by atoms with Crippen LogP contribution in [0.15, 0.2) is 0 Å². The normalized spacial score (nSPS) is 33.9. The maximum absolute atomic E-state index is 12.6. The van der Waals surface area contributed by atoms with Gasteiger partial charge in [0.1, 0.15) is 43.2 Å². The second-order valence-corrected chi connectivity index (χ2v) is 10.9. The Labute approximate surface area is 241 Å². The lowest BCUT2D eigenvalue weighted by Crippen LogP contribution is -2.68. The minimum atomic E-state index is -2.30. The third kappa shape index (κ3) is 10.7. The molecule has 0 aliphatic carbocycles. The zero-order valence-corrected chi connectivity index (χ0v) is 24.3. The molecule has 2 heterocycles. The molecule has 0 aromatic heterocycles. The first-order valence-corrected chi connectivity index (χ1v) is 14.9. The van der Waals surface area contributed by atoms with Gasteiger partial charge in [-0.15, -0.1) is 0 Å². The Kier molecular flexibility index (Phi) is 16.0. The van der Waals surface area contributed by atoms with Gasteiger partial charge in [0, 0.05) is 12.8 Å². The summed E-state index contributed by atoms with van der Waals surface area (Å²) in [5.41, 5.74) is 0. The standard InChI is InChI=1S/C28H50O13/c1-3-5-7-9-11-13-20(31)37-17-28(26(36)22(33)18(30)16-38-28)41-27-25(24(35)23(34)19(15-29)39-27)40-21(32)14-12-10-8-6-4-2/h18-19,22-27,29-30,33-36H,3-17H2,1-2H3/t18-,19-,22-,23-,24+,25-,26+,27-,28+/m1/s1. The monoisotopic (exact) mass is 594 g/mol. The average Bonchev–Trinajstić information content (AvgIpc) is 2.96. The predicted octanol–water partition coefficient (Wildman–Crippen LogP) is 0.427. The summed E-state index contributed by atoms with van der Waals surface area (Å²) in [6.07, 6.45) is -4.35. The number of ether oxygens (including phenoxy) is 5. The first-order valence-electron chi connectivity index (χ1n) is 14.9. The summed E-state index contributed by atoms with van der Waals surface area (Å²) in [4.78, 5) is 25.0. The van der Waals surface area contributed by atoms with E-state index < -0.39 is 86.6 Å². The van der Waals surface area contributed by atoms with E-state index in [-0.39, 0.29) is 12.8 Å². The van der Waals surface area contributed by atoms with Crippen molar-refractivity contribution in [2.75, 3.05) is 19.8 Å². The molecule has 41 heavy (non-hydrogen) atoms. The van der Waals surface area contributed by atoms with Crippen molar-refractivity contribution in [2.24, 2.45) is 0 Å². The second-order valence-electron chi connectivity index (χ2n) is 10.9. The van der Waals surface area contributed by atoms with Crippen LogP contribution in [0.3, 0.4) is 0 Å². The van der Waals surface area contributed by atoms with Crippen molar-refractivity contribution in [2.45, 2.75) is 146 Å². The van der Waals surface area contributed by atoms with Gasteiger partial charge in [-0.2, -0.15) is 0 Å². The number of unbranched alkanes of at least 4 members (excludes halogenated alkanes) is 8. The molecular weight excluding hydrogens is 544 g/mol. The molecule has 0 spiro atoms. The van der Waals surface area contributed by atoms with E-state index in [9.17, 15) is 40.2 Å².